The molecule has 0 fully saturated rings. The Morgan fingerprint density at radius 3 is 1.87 bits per heavy atom. The van der Waals surface area contributed by atoms with Crippen LogP contribution < -0.4 is 0 Å². The lowest BCUT2D eigenvalue weighted by atomic mass is 10.1. The highest BCUT2D eigenvalue weighted by Crippen LogP contribution is 2.13. The van der Waals surface area contributed by atoms with Crippen LogP contribution in [0, 0.1) is 0 Å². The second-order valence-corrected chi connectivity index (χ2v) is 6.81. The summed E-state index contributed by atoms with van der Waals surface area (Å²) in [5.74, 6) is -0.262. The first kappa shape index (κ1) is 22.2. The van der Waals surface area contributed by atoms with Gasteiger partial charge in [-0.1, -0.05) is 52.0 Å². The van der Waals surface area contributed by atoms with Gasteiger partial charge in [0, 0.05) is 5.57 Å². The number of rotatable bonds is 15. The van der Waals surface area contributed by atoms with Gasteiger partial charge in [0.25, 0.3) is 0 Å². The molecule has 0 heterocycles. The van der Waals surface area contributed by atoms with Crippen molar-refractivity contribution in [1.82, 2.24) is 0 Å². The lowest BCUT2D eigenvalue weighted by Gasteiger charge is -2.36. The molecule has 0 radical (unpaired) electrons. The molecule has 23 heavy (non-hydrogen) atoms. The van der Waals surface area contributed by atoms with E-state index >= 15 is 0 Å². The summed E-state index contributed by atoms with van der Waals surface area (Å²) in [4.78, 5) is 11.5. The molecule has 136 valence electrons. The van der Waals surface area contributed by atoms with E-state index in [1.165, 1.54) is 57.9 Å². The molecule has 0 aliphatic heterocycles. The van der Waals surface area contributed by atoms with Crippen LogP contribution in [0.1, 0.15) is 79.1 Å². The third kappa shape index (κ3) is 10.5. The van der Waals surface area contributed by atoms with Gasteiger partial charge in [0.1, 0.15) is 13.2 Å². The zero-order valence-corrected chi connectivity index (χ0v) is 16.2. The van der Waals surface area contributed by atoms with E-state index in [4.69, 9.17) is 4.74 Å². The van der Waals surface area contributed by atoms with Crippen LogP contribution >= 0.6 is 0 Å². The van der Waals surface area contributed by atoms with Gasteiger partial charge in [0.15, 0.2) is 0 Å². The highest BCUT2D eigenvalue weighted by atomic mass is 16.5. The standard InChI is InChI=1S/C20H40NO2/c1-6-9-10-11-12-13-14-15-16-21(7-2,8-3)17-18-23-20(22)19(4)5/h4,6-18H2,1-3,5H3/q+1. The van der Waals surface area contributed by atoms with Crippen molar-refractivity contribution in [3.8, 4) is 0 Å². The van der Waals surface area contributed by atoms with Crippen molar-refractivity contribution < 1.29 is 14.0 Å². The van der Waals surface area contributed by atoms with Crippen molar-refractivity contribution >= 4 is 5.97 Å². The number of hydrogen-bond donors (Lipinski definition) is 0. The second-order valence-electron chi connectivity index (χ2n) is 6.81. The number of ether oxygens (including phenoxy) is 1. The third-order valence-electron chi connectivity index (χ3n) is 4.97. The number of nitrogens with zero attached hydrogens (tertiary/aromatic N) is 1. The summed E-state index contributed by atoms with van der Waals surface area (Å²) in [5.41, 5.74) is 0.485. The number of esters is 1. The number of hydrogen-bond acceptors (Lipinski definition) is 2. The predicted molar refractivity (Wildman–Crippen MR) is 99.5 cm³/mol. The first-order chi connectivity index (χ1) is 11.0. The van der Waals surface area contributed by atoms with E-state index in [1.54, 1.807) is 6.92 Å². The van der Waals surface area contributed by atoms with E-state index in [0.29, 0.717) is 12.2 Å². The summed E-state index contributed by atoms with van der Waals surface area (Å²) in [6.45, 7) is 16.9. The molecule has 0 aliphatic carbocycles. The van der Waals surface area contributed by atoms with Crippen LogP contribution in [0.25, 0.3) is 0 Å². The lowest BCUT2D eigenvalue weighted by molar-refractivity contribution is -0.925. The smallest absolute Gasteiger partial charge is 0.333 e. The summed E-state index contributed by atoms with van der Waals surface area (Å²) in [7, 11) is 0. The molecule has 0 amide bonds. The minimum absolute atomic E-state index is 0.262. The normalized spacial score (nSPS) is 11.5. The van der Waals surface area contributed by atoms with Crippen LogP contribution in [0.3, 0.4) is 0 Å². The van der Waals surface area contributed by atoms with Gasteiger partial charge in [0.05, 0.1) is 19.6 Å². The van der Waals surface area contributed by atoms with Crippen molar-refractivity contribution in [2.45, 2.75) is 79.1 Å². The van der Waals surface area contributed by atoms with Crippen LogP contribution in [0.2, 0.25) is 0 Å². The van der Waals surface area contributed by atoms with Crippen molar-refractivity contribution in [2.24, 2.45) is 0 Å². The Labute approximate surface area is 144 Å². The molecule has 0 saturated carbocycles. The molecule has 0 aliphatic rings. The van der Waals surface area contributed by atoms with E-state index < -0.39 is 0 Å². The Bertz CT molecular complexity index is 322. The molecule has 3 nitrogen and oxygen atoms in total. The third-order valence-corrected chi connectivity index (χ3v) is 4.97. The summed E-state index contributed by atoms with van der Waals surface area (Å²) in [5, 5.41) is 0. The fourth-order valence-corrected chi connectivity index (χ4v) is 3.00. The highest BCUT2D eigenvalue weighted by Gasteiger charge is 2.23. The average Bonchev–Trinajstić information content (AvgIpc) is 2.55. The summed E-state index contributed by atoms with van der Waals surface area (Å²) < 4.78 is 6.35. The van der Waals surface area contributed by atoms with Gasteiger partial charge in [-0.05, 0) is 33.6 Å². The van der Waals surface area contributed by atoms with Crippen molar-refractivity contribution in [3.05, 3.63) is 12.2 Å². The van der Waals surface area contributed by atoms with E-state index in [1.807, 2.05) is 0 Å². The molecule has 3 heteroatoms. The van der Waals surface area contributed by atoms with Gasteiger partial charge < -0.3 is 9.22 Å². The molecule has 0 aromatic heterocycles. The summed E-state index contributed by atoms with van der Waals surface area (Å²) >= 11 is 0. The zero-order valence-electron chi connectivity index (χ0n) is 16.2. The number of quaternary nitrogens is 1. The molecule has 0 N–H and O–H groups in total. The lowest BCUT2D eigenvalue weighted by Crippen LogP contribution is -2.50. The van der Waals surface area contributed by atoms with Gasteiger partial charge in [-0.25, -0.2) is 4.79 Å². The fourth-order valence-electron chi connectivity index (χ4n) is 3.00. The molecule has 0 bridgehead atoms. The Balaban J connectivity index is 3.94. The minimum Gasteiger partial charge on any atom is -0.456 e. The zero-order chi connectivity index (χ0) is 17.6. The topological polar surface area (TPSA) is 26.3 Å². The van der Waals surface area contributed by atoms with Crippen molar-refractivity contribution in [3.63, 3.8) is 0 Å². The molecule has 0 rings (SSSR count). The molecule has 0 unspecified atom stereocenters. The number of likely N-dealkylation sites (N-methyl/N-ethyl adjacent to an activating group) is 1. The number of carbonyl (C=O) groups excluding carboxylic acids is 1. The number of unbranched alkanes of at least 4 members (excludes halogenated alkanes) is 7. The van der Waals surface area contributed by atoms with Gasteiger partial charge in [-0.2, -0.15) is 0 Å². The summed E-state index contributed by atoms with van der Waals surface area (Å²) in [6.07, 6.45) is 10.9. The van der Waals surface area contributed by atoms with Gasteiger partial charge in [-0.15, -0.1) is 0 Å². The van der Waals surface area contributed by atoms with Crippen molar-refractivity contribution in [2.75, 3.05) is 32.8 Å². The highest BCUT2D eigenvalue weighted by molar-refractivity contribution is 5.86. The number of carbonyl (C=O) groups is 1. The summed E-state index contributed by atoms with van der Waals surface area (Å²) in [6, 6.07) is 0. The second kappa shape index (κ2) is 13.6. The Kier molecular flexibility index (Phi) is 13.1. The molecule has 0 spiro atoms. The Morgan fingerprint density at radius 1 is 0.870 bits per heavy atom. The molecule has 0 atom stereocenters. The van der Waals surface area contributed by atoms with E-state index in [-0.39, 0.29) is 5.97 Å². The van der Waals surface area contributed by atoms with E-state index in [0.717, 1.165) is 24.1 Å². The maximum atomic E-state index is 11.5. The first-order valence-corrected chi connectivity index (χ1v) is 9.69. The van der Waals surface area contributed by atoms with Crippen LogP contribution in [-0.4, -0.2) is 43.2 Å². The quantitative estimate of drug-likeness (QED) is 0.181. The van der Waals surface area contributed by atoms with Gasteiger partial charge >= 0.3 is 5.97 Å². The molecule has 0 aromatic rings. The van der Waals surface area contributed by atoms with Crippen LogP contribution in [0.5, 0.6) is 0 Å². The molecule has 0 aromatic carbocycles. The van der Waals surface area contributed by atoms with Crippen LogP contribution in [0.15, 0.2) is 12.2 Å². The largest absolute Gasteiger partial charge is 0.456 e. The predicted octanol–water partition coefficient (Wildman–Crippen LogP) is 5.10. The molecular formula is C20H40NO2+. The maximum Gasteiger partial charge on any atom is 0.333 e. The van der Waals surface area contributed by atoms with Crippen LogP contribution in [0.4, 0.5) is 0 Å². The maximum absolute atomic E-state index is 11.5. The van der Waals surface area contributed by atoms with Gasteiger partial charge in [-0.3, -0.25) is 0 Å². The Hall–Kier alpha value is -0.830. The SMILES string of the molecule is C=C(C)C(=O)OCC[N+](CC)(CC)CCCCCCCCCC. The van der Waals surface area contributed by atoms with Crippen LogP contribution in [-0.2, 0) is 9.53 Å². The Morgan fingerprint density at radius 2 is 1.39 bits per heavy atom. The average molecular weight is 327 g/mol. The van der Waals surface area contributed by atoms with E-state index in [2.05, 4.69) is 27.4 Å². The monoisotopic (exact) mass is 326 g/mol. The first-order valence-electron chi connectivity index (χ1n) is 9.69. The fraction of sp³-hybridized carbons (Fsp3) is 0.850. The molecule has 0 saturated heterocycles. The molecular weight excluding hydrogens is 286 g/mol. The van der Waals surface area contributed by atoms with E-state index in [9.17, 15) is 4.79 Å². The van der Waals surface area contributed by atoms with Crippen molar-refractivity contribution in [1.29, 1.82) is 0 Å². The van der Waals surface area contributed by atoms with Gasteiger partial charge in [0.2, 0.25) is 0 Å². The minimum atomic E-state index is -0.262.